The van der Waals surface area contributed by atoms with Crippen LogP contribution >= 0.6 is 0 Å². The van der Waals surface area contributed by atoms with E-state index < -0.39 is 0 Å². The number of hydrogen-bond acceptors (Lipinski definition) is 3. The van der Waals surface area contributed by atoms with Crippen LogP contribution in [0.15, 0.2) is 30.3 Å². The molecule has 0 aliphatic rings. The predicted molar refractivity (Wildman–Crippen MR) is 90.5 cm³/mol. The van der Waals surface area contributed by atoms with Crippen molar-refractivity contribution in [2.75, 3.05) is 6.61 Å². The Morgan fingerprint density at radius 1 is 1.30 bits per heavy atom. The molecule has 1 aromatic carbocycles. The van der Waals surface area contributed by atoms with E-state index in [2.05, 4.69) is 17.3 Å². The van der Waals surface area contributed by atoms with Crippen LogP contribution in [-0.4, -0.2) is 22.3 Å². The number of carbonyl (C=O) groups excluding carboxylic acids is 1. The minimum atomic E-state index is -0.0560. The van der Waals surface area contributed by atoms with Crippen LogP contribution in [0.5, 0.6) is 5.75 Å². The standard InChI is InChI=1S/C18H25N3O2/c1-5-21-15(4)18(14(3)20-21)13(2)19-17(22)11-12-23-16-9-7-6-8-10-16/h6-10,13H,5,11-12H2,1-4H3,(H,19,22). The Morgan fingerprint density at radius 3 is 2.61 bits per heavy atom. The summed E-state index contributed by atoms with van der Waals surface area (Å²) < 4.78 is 7.52. The minimum absolute atomic E-state index is 0.0171. The Kier molecular flexibility index (Phi) is 5.79. The van der Waals surface area contributed by atoms with E-state index in [-0.39, 0.29) is 11.9 Å². The molecule has 1 atom stereocenters. The maximum Gasteiger partial charge on any atom is 0.223 e. The average Bonchev–Trinajstić information content (AvgIpc) is 2.82. The van der Waals surface area contributed by atoms with Crippen molar-refractivity contribution in [3.8, 4) is 5.75 Å². The summed E-state index contributed by atoms with van der Waals surface area (Å²) >= 11 is 0. The van der Waals surface area contributed by atoms with Gasteiger partial charge in [-0.05, 0) is 39.8 Å². The molecule has 1 aromatic heterocycles. The second-order valence-corrected chi connectivity index (χ2v) is 5.60. The number of hydrogen-bond donors (Lipinski definition) is 1. The number of aryl methyl sites for hydroxylation is 2. The smallest absolute Gasteiger partial charge is 0.223 e. The summed E-state index contributed by atoms with van der Waals surface area (Å²) in [7, 11) is 0. The SMILES string of the molecule is CCn1nc(C)c(C(C)NC(=O)CCOc2ccccc2)c1C. The summed E-state index contributed by atoms with van der Waals surface area (Å²) in [6.45, 7) is 9.28. The molecule has 0 aliphatic heterocycles. The molecule has 1 amide bonds. The molecule has 5 nitrogen and oxygen atoms in total. The summed E-state index contributed by atoms with van der Waals surface area (Å²) in [6.07, 6.45) is 0.333. The van der Waals surface area contributed by atoms with Gasteiger partial charge in [-0.25, -0.2) is 0 Å². The molecule has 0 fully saturated rings. The maximum absolute atomic E-state index is 12.1. The molecule has 1 unspecified atom stereocenters. The number of carbonyl (C=O) groups is 1. The van der Waals surface area contributed by atoms with Gasteiger partial charge >= 0.3 is 0 Å². The third kappa shape index (κ3) is 4.34. The minimum Gasteiger partial charge on any atom is -0.493 e. The lowest BCUT2D eigenvalue weighted by molar-refractivity contribution is -0.122. The number of rotatable bonds is 7. The fourth-order valence-electron chi connectivity index (χ4n) is 2.81. The average molecular weight is 315 g/mol. The quantitative estimate of drug-likeness (QED) is 0.854. The van der Waals surface area contributed by atoms with Gasteiger partial charge in [-0.1, -0.05) is 18.2 Å². The lowest BCUT2D eigenvalue weighted by Crippen LogP contribution is -2.28. The van der Waals surface area contributed by atoms with Gasteiger partial charge in [0.15, 0.2) is 0 Å². The first-order valence-corrected chi connectivity index (χ1v) is 8.04. The van der Waals surface area contributed by atoms with E-state index in [1.807, 2.05) is 55.8 Å². The zero-order valence-corrected chi connectivity index (χ0v) is 14.3. The highest BCUT2D eigenvalue weighted by molar-refractivity contribution is 5.76. The van der Waals surface area contributed by atoms with Crippen molar-refractivity contribution in [1.29, 1.82) is 0 Å². The van der Waals surface area contributed by atoms with Crippen LogP contribution < -0.4 is 10.1 Å². The largest absolute Gasteiger partial charge is 0.493 e. The molecule has 5 heteroatoms. The van der Waals surface area contributed by atoms with E-state index in [9.17, 15) is 4.79 Å². The molecule has 0 saturated heterocycles. The first-order valence-electron chi connectivity index (χ1n) is 8.04. The molecule has 0 saturated carbocycles. The van der Waals surface area contributed by atoms with Gasteiger partial charge in [-0.15, -0.1) is 0 Å². The fourth-order valence-corrected chi connectivity index (χ4v) is 2.81. The van der Waals surface area contributed by atoms with Gasteiger partial charge in [0.25, 0.3) is 0 Å². The van der Waals surface area contributed by atoms with Gasteiger partial charge in [-0.3, -0.25) is 9.48 Å². The number of ether oxygens (including phenoxy) is 1. The topological polar surface area (TPSA) is 56.2 Å². The second kappa shape index (κ2) is 7.81. The normalized spacial score (nSPS) is 12.0. The Bertz CT molecular complexity index is 650. The number of nitrogens with zero attached hydrogens (tertiary/aromatic N) is 2. The highest BCUT2D eigenvalue weighted by Crippen LogP contribution is 2.21. The van der Waals surface area contributed by atoms with Gasteiger partial charge in [-0.2, -0.15) is 5.10 Å². The Morgan fingerprint density at radius 2 is 2.00 bits per heavy atom. The van der Waals surface area contributed by atoms with Crippen molar-refractivity contribution < 1.29 is 9.53 Å². The van der Waals surface area contributed by atoms with Crippen molar-refractivity contribution in [3.05, 3.63) is 47.3 Å². The van der Waals surface area contributed by atoms with Crippen molar-refractivity contribution in [1.82, 2.24) is 15.1 Å². The van der Waals surface area contributed by atoms with Crippen LogP contribution in [0.4, 0.5) is 0 Å². The molecule has 1 heterocycles. The van der Waals surface area contributed by atoms with Crippen molar-refractivity contribution in [3.63, 3.8) is 0 Å². The van der Waals surface area contributed by atoms with E-state index in [1.54, 1.807) is 0 Å². The Hall–Kier alpha value is -2.30. The molecule has 2 rings (SSSR count). The highest BCUT2D eigenvalue weighted by Gasteiger charge is 2.18. The van der Waals surface area contributed by atoms with Crippen molar-refractivity contribution in [2.24, 2.45) is 0 Å². The third-order valence-corrected chi connectivity index (χ3v) is 3.89. The number of para-hydroxylation sites is 1. The third-order valence-electron chi connectivity index (χ3n) is 3.89. The molecule has 0 bridgehead atoms. The van der Waals surface area contributed by atoms with Gasteiger partial charge in [0.05, 0.1) is 24.8 Å². The molecule has 23 heavy (non-hydrogen) atoms. The van der Waals surface area contributed by atoms with E-state index in [1.165, 1.54) is 0 Å². The zero-order chi connectivity index (χ0) is 16.8. The Labute approximate surface area is 137 Å². The lowest BCUT2D eigenvalue weighted by atomic mass is 10.1. The summed E-state index contributed by atoms with van der Waals surface area (Å²) in [4.78, 5) is 12.1. The zero-order valence-electron chi connectivity index (χ0n) is 14.3. The number of nitrogens with one attached hydrogen (secondary N) is 1. The van der Waals surface area contributed by atoms with Crippen molar-refractivity contribution >= 4 is 5.91 Å². The van der Waals surface area contributed by atoms with Crippen LogP contribution in [0.1, 0.15) is 43.3 Å². The fraction of sp³-hybridized carbons (Fsp3) is 0.444. The molecule has 124 valence electrons. The summed E-state index contributed by atoms with van der Waals surface area (Å²) in [5.41, 5.74) is 3.18. The number of benzene rings is 1. The molecule has 2 aromatic rings. The van der Waals surface area contributed by atoms with E-state index in [0.717, 1.165) is 29.2 Å². The van der Waals surface area contributed by atoms with Crippen LogP contribution in [0.25, 0.3) is 0 Å². The summed E-state index contributed by atoms with van der Waals surface area (Å²) in [5, 5.41) is 7.53. The first-order chi connectivity index (χ1) is 11.0. The van der Waals surface area contributed by atoms with E-state index in [0.29, 0.717) is 13.0 Å². The van der Waals surface area contributed by atoms with Crippen LogP contribution in [0.2, 0.25) is 0 Å². The van der Waals surface area contributed by atoms with Crippen LogP contribution in [-0.2, 0) is 11.3 Å². The highest BCUT2D eigenvalue weighted by atomic mass is 16.5. The second-order valence-electron chi connectivity index (χ2n) is 5.60. The first kappa shape index (κ1) is 17.1. The number of aromatic nitrogens is 2. The number of amides is 1. The van der Waals surface area contributed by atoms with Crippen LogP contribution in [0, 0.1) is 13.8 Å². The maximum atomic E-state index is 12.1. The predicted octanol–water partition coefficient (Wildman–Crippen LogP) is 3.17. The monoisotopic (exact) mass is 315 g/mol. The summed E-state index contributed by atoms with van der Waals surface area (Å²) in [6, 6.07) is 9.46. The van der Waals surface area contributed by atoms with E-state index in [4.69, 9.17) is 4.74 Å². The molecular formula is C18H25N3O2. The molecular weight excluding hydrogens is 290 g/mol. The molecule has 0 aliphatic carbocycles. The van der Waals surface area contributed by atoms with Crippen LogP contribution in [0.3, 0.4) is 0 Å². The van der Waals surface area contributed by atoms with Gasteiger partial charge < -0.3 is 10.1 Å². The Balaban J connectivity index is 1.86. The lowest BCUT2D eigenvalue weighted by Gasteiger charge is -2.15. The van der Waals surface area contributed by atoms with E-state index >= 15 is 0 Å². The molecule has 1 N–H and O–H groups in total. The summed E-state index contributed by atoms with van der Waals surface area (Å²) in [5.74, 6) is 0.765. The van der Waals surface area contributed by atoms with Gasteiger partial charge in [0, 0.05) is 17.8 Å². The van der Waals surface area contributed by atoms with Gasteiger partial charge in [0.1, 0.15) is 5.75 Å². The molecule has 0 radical (unpaired) electrons. The molecule has 0 spiro atoms. The van der Waals surface area contributed by atoms with Gasteiger partial charge in [0.2, 0.25) is 5.91 Å². The van der Waals surface area contributed by atoms with Crippen molar-refractivity contribution in [2.45, 2.75) is 46.7 Å².